The van der Waals surface area contributed by atoms with Crippen LogP contribution < -0.4 is 10.2 Å². The number of amides is 1. The minimum atomic E-state index is -0.138. The molecule has 0 unspecified atom stereocenters. The molecule has 2 aromatic carbocycles. The highest BCUT2D eigenvalue weighted by Crippen LogP contribution is 2.28. The largest absolute Gasteiger partial charge is 0.376 e. The number of hydrogen-bond donors (Lipinski definition) is 1. The van der Waals surface area contributed by atoms with Crippen LogP contribution >= 0.6 is 23.4 Å². The van der Waals surface area contributed by atoms with Gasteiger partial charge in [0.1, 0.15) is 0 Å². The molecule has 3 nitrogen and oxygen atoms in total. The Balaban J connectivity index is 2.19. The molecule has 1 amide bonds. The number of carbonyl (C=O) groups is 1. The van der Waals surface area contributed by atoms with Crippen LogP contribution in [0.4, 0.5) is 11.4 Å². The Hall–Kier alpha value is -1.65. The average Bonchev–Trinajstić information content (AvgIpc) is 2.48. The number of anilines is 2. The maximum atomic E-state index is 12.4. The van der Waals surface area contributed by atoms with Gasteiger partial charge >= 0.3 is 0 Å². The van der Waals surface area contributed by atoms with Gasteiger partial charge in [-0.15, -0.1) is 0 Å². The number of nitrogens with zero attached hydrogens (tertiary/aromatic N) is 1. The van der Waals surface area contributed by atoms with Gasteiger partial charge in [0.2, 0.25) is 0 Å². The van der Waals surface area contributed by atoms with Crippen molar-refractivity contribution in [1.29, 1.82) is 0 Å². The Labute approximate surface area is 140 Å². The number of benzene rings is 2. The molecule has 2 aromatic rings. The molecule has 5 heteroatoms. The molecule has 0 aliphatic heterocycles. The van der Waals surface area contributed by atoms with Crippen LogP contribution in [0.25, 0.3) is 0 Å². The van der Waals surface area contributed by atoms with Crippen LogP contribution in [0.1, 0.15) is 15.9 Å². The lowest BCUT2D eigenvalue weighted by Gasteiger charge is -2.18. The molecular formula is C17H19ClN2OS. The molecule has 22 heavy (non-hydrogen) atoms. The summed E-state index contributed by atoms with van der Waals surface area (Å²) in [6, 6.07) is 13.1. The zero-order valence-electron chi connectivity index (χ0n) is 12.9. The molecule has 0 aliphatic carbocycles. The molecule has 0 fully saturated rings. The van der Waals surface area contributed by atoms with Gasteiger partial charge in [0.25, 0.3) is 5.91 Å². The maximum absolute atomic E-state index is 12.4. The van der Waals surface area contributed by atoms with Crippen molar-refractivity contribution in [2.45, 2.75) is 5.75 Å². The first-order valence-electron chi connectivity index (χ1n) is 6.87. The molecule has 0 saturated heterocycles. The van der Waals surface area contributed by atoms with E-state index in [1.165, 1.54) is 5.56 Å². The van der Waals surface area contributed by atoms with Gasteiger partial charge in [-0.3, -0.25) is 4.79 Å². The molecule has 116 valence electrons. The Morgan fingerprint density at radius 3 is 2.45 bits per heavy atom. The van der Waals surface area contributed by atoms with Gasteiger partial charge in [0.15, 0.2) is 0 Å². The third kappa shape index (κ3) is 4.18. The fourth-order valence-electron chi connectivity index (χ4n) is 2.11. The number of halogens is 1. The van der Waals surface area contributed by atoms with Crippen molar-refractivity contribution < 1.29 is 4.79 Å². The molecule has 0 aromatic heterocycles. The van der Waals surface area contributed by atoms with Crippen molar-refractivity contribution in [2.75, 3.05) is 30.6 Å². The fourth-order valence-corrected chi connectivity index (χ4v) is 2.81. The van der Waals surface area contributed by atoms with Crippen molar-refractivity contribution in [3.05, 3.63) is 58.6 Å². The smallest absolute Gasteiger partial charge is 0.255 e. The number of carbonyl (C=O) groups excluding carboxylic acids is 1. The van der Waals surface area contributed by atoms with Crippen molar-refractivity contribution in [3.63, 3.8) is 0 Å². The summed E-state index contributed by atoms with van der Waals surface area (Å²) in [6.45, 7) is 0. The van der Waals surface area contributed by atoms with E-state index >= 15 is 0 Å². The van der Waals surface area contributed by atoms with Crippen LogP contribution in [0.2, 0.25) is 5.02 Å². The summed E-state index contributed by atoms with van der Waals surface area (Å²) in [6.07, 6.45) is 2.06. The monoisotopic (exact) mass is 334 g/mol. The van der Waals surface area contributed by atoms with E-state index in [2.05, 4.69) is 11.6 Å². The molecule has 0 radical (unpaired) electrons. The van der Waals surface area contributed by atoms with Gasteiger partial charge in [-0.05, 0) is 42.2 Å². The van der Waals surface area contributed by atoms with Crippen LogP contribution in [0.5, 0.6) is 0 Å². The number of nitrogens with one attached hydrogen (secondary N) is 1. The normalized spacial score (nSPS) is 10.4. The van der Waals surface area contributed by atoms with Crippen molar-refractivity contribution in [1.82, 2.24) is 0 Å². The minimum absolute atomic E-state index is 0.138. The first kappa shape index (κ1) is 16.7. The summed E-state index contributed by atoms with van der Waals surface area (Å²) in [7, 11) is 3.85. The second-order valence-corrected chi connectivity index (χ2v) is 6.44. The molecule has 0 bridgehead atoms. The zero-order valence-corrected chi connectivity index (χ0v) is 14.5. The first-order valence-corrected chi connectivity index (χ1v) is 8.64. The van der Waals surface area contributed by atoms with E-state index in [0.29, 0.717) is 16.3 Å². The molecule has 0 aliphatic rings. The van der Waals surface area contributed by atoms with E-state index in [9.17, 15) is 4.79 Å². The lowest BCUT2D eigenvalue weighted by molar-refractivity contribution is 0.102. The molecule has 2 rings (SSSR count). The molecule has 0 heterocycles. The lowest BCUT2D eigenvalue weighted by atomic mass is 10.1. The molecular weight excluding hydrogens is 316 g/mol. The predicted molar refractivity (Wildman–Crippen MR) is 97.4 cm³/mol. The van der Waals surface area contributed by atoms with Crippen LogP contribution in [0.15, 0.2) is 42.5 Å². The van der Waals surface area contributed by atoms with Crippen LogP contribution in [0.3, 0.4) is 0 Å². The number of rotatable bonds is 5. The summed E-state index contributed by atoms with van der Waals surface area (Å²) >= 11 is 7.79. The van der Waals surface area contributed by atoms with Crippen molar-refractivity contribution >= 4 is 40.6 Å². The van der Waals surface area contributed by atoms with E-state index < -0.39 is 0 Å². The summed E-state index contributed by atoms with van der Waals surface area (Å²) < 4.78 is 0. The SMILES string of the molecule is CSCc1ccc(C(=O)Nc2cc(Cl)ccc2N(C)C)cc1. The van der Waals surface area contributed by atoms with Gasteiger partial charge in [-0.2, -0.15) is 11.8 Å². The Morgan fingerprint density at radius 1 is 1.18 bits per heavy atom. The fraction of sp³-hybridized carbons (Fsp3) is 0.235. The Bertz CT molecular complexity index is 656. The summed E-state index contributed by atoms with van der Waals surface area (Å²) in [5.74, 6) is 0.808. The van der Waals surface area contributed by atoms with Crippen LogP contribution in [-0.2, 0) is 5.75 Å². The molecule has 0 spiro atoms. The second-order valence-electron chi connectivity index (χ2n) is 5.14. The third-order valence-corrected chi connectivity index (χ3v) is 4.07. The van der Waals surface area contributed by atoms with E-state index in [0.717, 1.165) is 11.4 Å². The van der Waals surface area contributed by atoms with E-state index in [4.69, 9.17) is 11.6 Å². The minimum Gasteiger partial charge on any atom is -0.376 e. The Kier molecular flexibility index (Phi) is 5.75. The van der Waals surface area contributed by atoms with Crippen LogP contribution in [0, 0.1) is 0 Å². The van der Waals surface area contributed by atoms with Gasteiger partial charge in [0.05, 0.1) is 11.4 Å². The average molecular weight is 335 g/mol. The Morgan fingerprint density at radius 2 is 1.86 bits per heavy atom. The highest BCUT2D eigenvalue weighted by molar-refractivity contribution is 7.97. The summed E-state index contributed by atoms with van der Waals surface area (Å²) in [5, 5.41) is 3.52. The van der Waals surface area contributed by atoms with Crippen molar-refractivity contribution in [3.8, 4) is 0 Å². The van der Waals surface area contributed by atoms with Gasteiger partial charge in [-0.1, -0.05) is 23.7 Å². The standard InChI is InChI=1S/C17H19ClN2OS/c1-20(2)16-9-8-14(18)10-15(16)19-17(21)13-6-4-12(5-7-13)11-22-3/h4-10H,11H2,1-3H3,(H,19,21). The predicted octanol–water partition coefficient (Wildman–Crippen LogP) is 4.52. The quantitative estimate of drug-likeness (QED) is 0.872. The van der Waals surface area contributed by atoms with E-state index in [-0.39, 0.29) is 5.91 Å². The summed E-state index contributed by atoms with van der Waals surface area (Å²) in [5.41, 5.74) is 3.46. The highest BCUT2D eigenvalue weighted by Gasteiger charge is 2.11. The summed E-state index contributed by atoms with van der Waals surface area (Å²) in [4.78, 5) is 14.3. The third-order valence-electron chi connectivity index (χ3n) is 3.22. The number of thioether (sulfide) groups is 1. The highest BCUT2D eigenvalue weighted by atomic mass is 35.5. The van der Waals surface area contributed by atoms with Gasteiger partial charge in [0, 0.05) is 30.4 Å². The van der Waals surface area contributed by atoms with Gasteiger partial charge in [-0.25, -0.2) is 0 Å². The lowest BCUT2D eigenvalue weighted by Crippen LogP contribution is -2.16. The number of hydrogen-bond acceptors (Lipinski definition) is 3. The van der Waals surface area contributed by atoms with Crippen LogP contribution in [-0.4, -0.2) is 26.3 Å². The second kappa shape index (κ2) is 7.56. The maximum Gasteiger partial charge on any atom is 0.255 e. The van der Waals surface area contributed by atoms with E-state index in [1.54, 1.807) is 17.8 Å². The molecule has 0 atom stereocenters. The topological polar surface area (TPSA) is 32.3 Å². The molecule has 1 N–H and O–H groups in total. The van der Waals surface area contributed by atoms with E-state index in [1.807, 2.05) is 55.4 Å². The zero-order chi connectivity index (χ0) is 16.1. The van der Waals surface area contributed by atoms with Gasteiger partial charge < -0.3 is 10.2 Å². The first-order chi connectivity index (χ1) is 10.5. The van der Waals surface area contributed by atoms with Crippen molar-refractivity contribution in [2.24, 2.45) is 0 Å². The molecule has 0 saturated carbocycles.